The predicted molar refractivity (Wildman–Crippen MR) is 170 cm³/mol. The average molecular weight is 605 g/mol. The van der Waals surface area contributed by atoms with Gasteiger partial charge in [0.05, 0.1) is 12.7 Å². The highest BCUT2D eigenvalue weighted by molar-refractivity contribution is 5.25. The summed E-state index contributed by atoms with van der Waals surface area (Å²) in [5.41, 5.74) is 2.17. The Bertz CT molecular complexity index is 951. The fraction of sp³-hybridized carbons (Fsp3) is 0.946. The van der Waals surface area contributed by atoms with Gasteiger partial charge in [-0.05, 0) is 110 Å². The molecular weight excluding hydrogens is 540 g/mol. The molecule has 5 rings (SSSR count). The van der Waals surface area contributed by atoms with Gasteiger partial charge in [0.2, 0.25) is 0 Å². The first kappa shape index (κ1) is 33.9. The van der Waals surface area contributed by atoms with Crippen molar-refractivity contribution >= 4 is 0 Å². The molecule has 0 spiro atoms. The first-order valence-electron chi connectivity index (χ1n) is 18.1. The maximum Gasteiger partial charge on any atom is 0.186 e. The highest BCUT2D eigenvalue weighted by Gasteiger charge is 2.58. The largest absolute Gasteiger partial charge is 0.394 e. The lowest BCUT2D eigenvalue weighted by Crippen LogP contribution is -2.60. The van der Waals surface area contributed by atoms with Crippen molar-refractivity contribution in [2.24, 2.45) is 52.3 Å². The molecule has 0 bridgehead atoms. The standard InChI is InChI=1S/C37H64O6/c1-7-22(3)24(8-2)13-12-23(4)28-10-9-11-29-27-15-14-25-20-26(16-18-36(25,5)30(27)17-19-37(28,29)6)42-35-34(41)33(40)32(39)31(21-38)43-35/h14,22-24,26-35,38-41H,7-13,15-21H2,1-6H3/t22-,23+,24+,26-,27-,28-,29+,30-,31+,32-,33+,34+,35-,36-,37+/m0/s1. The van der Waals surface area contributed by atoms with Crippen LogP contribution in [0.5, 0.6) is 0 Å². The Labute approximate surface area is 262 Å². The van der Waals surface area contributed by atoms with Gasteiger partial charge in [-0.25, -0.2) is 0 Å². The van der Waals surface area contributed by atoms with Gasteiger partial charge >= 0.3 is 0 Å². The number of ether oxygens (including phenoxy) is 2. The fourth-order valence-electron chi connectivity index (χ4n) is 11.2. The second-order valence-electron chi connectivity index (χ2n) is 16.1. The summed E-state index contributed by atoms with van der Waals surface area (Å²) in [5, 5.41) is 40.5. The van der Waals surface area contributed by atoms with E-state index in [0.29, 0.717) is 5.41 Å². The van der Waals surface area contributed by atoms with Crippen LogP contribution in [0.1, 0.15) is 125 Å². The van der Waals surface area contributed by atoms with Crippen molar-refractivity contribution < 1.29 is 29.9 Å². The van der Waals surface area contributed by atoms with E-state index in [1.54, 1.807) is 0 Å². The van der Waals surface area contributed by atoms with E-state index in [1.165, 1.54) is 69.8 Å². The topological polar surface area (TPSA) is 99.4 Å². The summed E-state index contributed by atoms with van der Waals surface area (Å²) in [6.07, 6.45) is 12.7. The summed E-state index contributed by atoms with van der Waals surface area (Å²) in [6.45, 7) is 14.6. The Morgan fingerprint density at radius 1 is 0.930 bits per heavy atom. The van der Waals surface area contributed by atoms with Crippen molar-refractivity contribution in [1.29, 1.82) is 0 Å². The highest BCUT2D eigenvalue weighted by Crippen LogP contribution is 2.66. The molecule has 1 saturated heterocycles. The molecule has 0 unspecified atom stereocenters. The van der Waals surface area contributed by atoms with E-state index in [9.17, 15) is 20.4 Å². The summed E-state index contributed by atoms with van der Waals surface area (Å²) in [4.78, 5) is 0. The molecule has 4 N–H and O–H groups in total. The third-order valence-corrected chi connectivity index (χ3v) is 14.2. The number of allylic oxidation sites excluding steroid dienone is 1. The van der Waals surface area contributed by atoms with Crippen LogP contribution in [0.2, 0.25) is 0 Å². The second-order valence-corrected chi connectivity index (χ2v) is 16.1. The molecule has 0 aromatic rings. The highest BCUT2D eigenvalue weighted by atomic mass is 16.7. The van der Waals surface area contributed by atoms with E-state index < -0.39 is 37.3 Å². The average Bonchev–Trinajstić information content (AvgIpc) is 3.00. The van der Waals surface area contributed by atoms with Gasteiger partial charge in [0.1, 0.15) is 24.4 Å². The van der Waals surface area contributed by atoms with Crippen LogP contribution >= 0.6 is 0 Å². The minimum Gasteiger partial charge on any atom is -0.394 e. The first-order chi connectivity index (χ1) is 20.5. The number of rotatable bonds is 10. The predicted octanol–water partition coefficient (Wildman–Crippen LogP) is 6.63. The molecule has 15 atom stereocenters. The molecular formula is C37H64O6. The lowest BCUT2D eigenvalue weighted by Gasteiger charge is -2.62. The maximum atomic E-state index is 10.5. The van der Waals surface area contributed by atoms with Crippen LogP contribution in [0, 0.1) is 52.3 Å². The van der Waals surface area contributed by atoms with Crippen LogP contribution in [0.25, 0.3) is 0 Å². The molecule has 0 radical (unpaired) electrons. The second kappa shape index (κ2) is 13.7. The normalized spacial score (nSPS) is 47.0. The SMILES string of the molecule is CC[C@H](CC[C@@H](C)[C@@H]1CCC[C@@H]2[C@@H]3CC=C4C[C@@H](O[C@H]5O[C@H](CO)[C@H](O)[C@@H](O)[C@H]5O)CC[C@]4(C)[C@H]3CC[C@@]21C)[C@@H](C)CC. The summed E-state index contributed by atoms with van der Waals surface area (Å²) >= 11 is 0. The molecule has 248 valence electrons. The van der Waals surface area contributed by atoms with E-state index in [2.05, 4.69) is 47.6 Å². The Morgan fingerprint density at radius 3 is 2.40 bits per heavy atom. The Kier molecular flexibility index (Phi) is 10.8. The fourth-order valence-corrected chi connectivity index (χ4v) is 11.2. The van der Waals surface area contributed by atoms with Crippen LogP contribution in [0.3, 0.4) is 0 Å². The minimum atomic E-state index is -1.40. The number of fused-ring (bicyclic) bond motifs is 5. The van der Waals surface area contributed by atoms with Crippen LogP contribution in [0.4, 0.5) is 0 Å². The van der Waals surface area contributed by atoms with Crippen molar-refractivity contribution in [3.8, 4) is 0 Å². The monoisotopic (exact) mass is 604 g/mol. The molecule has 6 nitrogen and oxygen atoms in total. The van der Waals surface area contributed by atoms with Crippen molar-refractivity contribution in [3.63, 3.8) is 0 Å². The van der Waals surface area contributed by atoms with Crippen molar-refractivity contribution in [2.45, 2.75) is 162 Å². The molecule has 1 aliphatic heterocycles. The zero-order valence-electron chi connectivity index (χ0n) is 28.1. The zero-order chi connectivity index (χ0) is 31.1. The van der Waals surface area contributed by atoms with Gasteiger partial charge in [0, 0.05) is 0 Å². The first-order valence-corrected chi connectivity index (χ1v) is 18.1. The van der Waals surface area contributed by atoms with E-state index in [4.69, 9.17) is 9.47 Å². The molecule has 0 aromatic heterocycles. The molecule has 3 saturated carbocycles. The lowest BCUT2D eigenvalue weighted by atomic mass is 9.42. The summed E-state index contributed by atoms with van der Waals surface area (Å²) in [7, 11) is 0. The number of hydrogen-bond acceptors (Lipinski definition) is 6. The van der Waals surface area contributed by atoms with Crippen molar-refractivity contribution in [2.75, 3.05) is 6.61 Å². The molecule has 4 aliphatic carbocycles. The zero-order valence-corrected chi connectivity index (χ0v) is 28.1. The van der Waals surface area contributed by atoms with Gasteiger partial charge < -0.3 is 29.9 Å². The summed E-state index contributed by atoms with van der Waals surface area (Å²) in [6, 6.07) is 0. The van der Waals surface area contributed by atoms with Crippen molar-refractivity contribution in [1.82, 2.24) is 0 Å². The minimum absolute atomic E-state index is 0.103. The van der Waals surface area contributed by atoms with Gasteiger partial charge in [-0.15, -0.1) is 0 Å². The molecule has 0 amide bonds. The Balaban J connectivity index is 1.25. The van der Waals surface area contributed by atoms with Gasteiger partial charge in [-0.3, -0.25) is 0 Å². The smallest absolute Gasteiger partial charge is 0.186 e. The molecule has 1 heterocycles. The lowest BCUT2D eigenvalue weighted by molar-refractivity contribution is -0.313. The molecule has 4 fully saturated rings. The van der Waals surface area contributed by atoms with Gasteiger partial charge in [-0.2, -0.15) is 0 Å². The van der Waals surface area contributed by atoms with E-state index in [0.717, 1.165) is 60.7 Å². The van der Waals surface area contributed by atoms with E-state index in [1.807, 2.05) is 0 Å². The maximum absolute atomic E-state index is 10.5. The quantitative estimate of drug-likeness (QED) is 0.209. The van der Waals surface area contributed by atoms with Crippen LogP contribution < -0.4 is 0 Å². The van der Waals surface area contributed by atoms with Crippen LogP contribution in [-0.4, -0.2) is 63.8 Å². The Hall–Kier alpha value is -0.500. The number of aliphatic hydroxyl groups is 4. The van der Waals surface area contributed by atoms with Gasteiger partial charge in [-0.1, -0.05) is 78.9 Å². The van der Waals surface area contributed by atoms with Gasteiger partial charge in [0.15, 0.2) is 6.29 Å². The number of aliphatic hydroxyl groups excluding tert-OH is 4. The summed E-state index contributed by atoms with van der Waals surface area (Å²) in [5.74, 6) is 5.68. The molecule has 43 heavy (non-hydrogen) atoms. The third-order valence-electron chi connectivity index (χ3n) is 14.2. The molecule has 6 heteroatoms. The molecule has 0 aromatic carbocycles. The van der Waals surface area contributed by atoms with Crippen LogP contribution in [0.15, 0.2) is 11.6 Å². The Morgan fingerprint density at radius 2 is 1.70 bits per heavy atom. The van der Waals surface area contributed by atoms with Gasteiger partial charge in [0.25, 0.3) is 0 Å². The van der Waals surface area contributed by atoms with E-state index in [-0.39, 0.29) is 11.5 Å². The summed E-state index contributed by atoms with van der Waals surface area (Å²) < 4.78 is 11.9. The third kappa shape index (κ3) is 6.29. The molecule has 5 aliphatic rings. The van der Waals surface area contributed by atoms with Crippen LogP contribution in [-0.2, 0) is 9.47 Å². The van der Waals surface area contributed by atoms with Crippen molar-refractivity contribution in [3.05, 3.63) is 11.6 Å². The van der Waals surface area contributed by atoms with E-state index >= 15 is 0 Å². The number of hydrogen-bond donors (Lipinski definition) is 4.